The number of rotatable bonds is 11. The van der Waals surface area contributed by atoms with E-state index in [0.29, 0.717) is 23.6 Å². The molecular weight excluding hydrogens is 604 g/mol. The van der Waals surface area contributed by atoms with Crippen LogP contribution in [0.3, 0.4) is 0 Å². The second-order valence-electron chi connectivity index (χ2n) is 12.1. The Kier molecular flexibility index (Phi) is 11.5. The minimum absolute atomic E-state index is 0.224. The Morgan fingerprint density at radius 3 is 2.02 bits per heavy atom. The zero-order chi connectivity index (χ0) is 32.7. The SMILES string of the molecule is CC(=O)OC[C@H]1O[C@@H](c2ccc(Cl)c(Cc3ccc(OCC4(C)CCCC4)cc3)c2)[C@H](OC(C)=O)[C@@H](OC(C)=O)[C@@H]1OC(C)=O. The molecule has 0 aromatic heterocycles. The molecule has 5 atom stereocenters. The lowest BCUT2D eigenvalue weighted by Gasteiger charge is -2.44. The zero-order valence-corrected chi connectivity index (χ0v) is 27.1. The van der Waals surface area contributed by atoms with Crippen LogP contribution in [0.2, 0.25) is 5.02 Å². The summed E-state index contributed by atoms with van der Waals surface area (Å²) in [5.41, 5.74) is 2.56. The van der Waals surface area contributed by atoms with Crippen molar-refractivity contribution in [3.05, 3.63) is 64.2 Å². The summed E-state index contributed by atoms with van der Waals surface area (Å²) < 4.78 is 34.3. The Hall–Kier alpha value is -3.63. The molecule has 0 spiro atoms. The molecule has 1 aliphatic heterocycles. The van der Waals surface area contributed by atoms with Crippen LogP contribution in [0.4, 0.5) is 0 Å². The zero-order valence-electron chi connectivity index (χ0n) is 26.3. The van der Waals surface area contributed by atoms with Crippen molar-refractivity contribution in [3.8, 4) is 5.75 Å². The molecule has 11 heteroatoms. The summed E-state index contributed by atoms with van der Waals surface area (Å²) in [6.07, 6.45) is -0.382. The van der Waals surface area contributed by atoms with Gasteiger partial charge in [0.2, 0.25) is 0 Å². The normalized spacial score (nSPS) is 23.9. The van der Waals surface area contributed by atoms with Gasteiger partial charge in [-0.1, -0.05) is 55.6 Å². The first kappa shape index (κ1) is 34.2. The Morgan fingerprint density at radius 2 is 1.42 bits per heavy atom. The van der Waals surface area contributed by atoms with E-state index in [1.807, 2.05) is 30.3 Å². The van der Waals surface area contributed by atoms with Crippen molar-refractivity contribution in [1.29, 1.82) is 0 Å². The molecule has 0 amide bonds. The molecule has 2 aliphatic rings. The maximum absolute atomic E-state index is 12.2. The van der Waals surface area contributed by atoms with Crippen molar-refractivity contribution in [2.45, 2.75) is 97.2 Å². The molecule has 0 radical (unpaired) electrons. The maximum Gasteiger partial charge on any atom is 0.303 e. The molecule has 1 saturated carbocycles. The van der Waals surface area contributed by atoms with E-state index in [0.717, 1.165) is 16.9 Å². The molecule has 4 rings (SSSR count). The predicted octanol–water partition coefficient (Wildman–Crippen LogP) is 5.69. The van der Waals surface area contributed by atoms with Crippen molar-refractivity contribution < 1.29 is 47.6 Å². The van der Waals surface area contributed by atoms with Crippen molar-refractivity contribution in [2.75, 3.05) is 13.2 Å². The van der Waals surface area contributed by atoms with Crippen LogP contribution in [0.1, 0.15) is 83.1 Å². The Morgan fingerprint density at radius 1 is 0.822 bits per heavy atom. The van der Waals surface area contributed by atoms with Gasteiger partial charge in [0, 0.05) is 38.1 Å². The van der Waals surface area contributed by atoms with Crippen LogP contribution in [-0.4, -0.2) is 61.5 Å². The second kappa shape index (κ2) is 15.1. The highest BCUT2D eigenvalue weighted by atomic mass is 35.5. The van der Waals surface area contributed by atoms with Gasteiger partial charge in [-0.3, -0.25) is 19.2 Å². The monoisotopic (exact) mass is 644 g/mol. The third kappa shape index (κ3) is 9.43. The number of carbonyl (C=O) groups excluding carboxylic acids is 4. The van der Waals surface area contributed by atoms with E-state index in [-0.39, 0.29) is 12.0 Å². The highest BCUT2D eigenvalue weighted by Crippen LogP contribution is 2.40. The first-order chi connectivity index (χ1) is 21.3. The highest BCUT2D eigenvalue weighted by molar-refractivity contribution is 6.31. The third-order valence-corrected chi connectivity index (χ3v) is 8.47. The lowest BCUT2D eigenvalue weighted by molar-refractivity contribution is -0.254. The van der Waals surface area contributed by atoms with Crippen molar-refractivity contribution in [2.24, 2.45) is 5.41 Å². The average Bonchev–Trinajstić information content (AvgIpc) is 3.41. The van der Waals surface area contributed by atoms with Gasteiger partial charge in [0.05, 0.1) is 6.61 Å². The number of hydrogen-bond acceptors (Lipinski definition) is 10. The van der Waals surface area contributed by atoms with E-state index in [2.05, 4.69) is 6.92 Å². The number of carbonyl (C=O) groups is 4. The molecule has 2 fully saturated rings. The molecule has 1 aliphatic carbocycles. The van der Waals surface area contributed by atoms with Gasteiger partial charge in [-0.2, -0.15) is 0 Å². The number of ether oxygens (including phenoxy) is 6. The molecule has 45 heavy (non-hydrogen) atoms. The summed E-state index contributed by atoms with van der Waals surface area (Å²) >= 11 is 6.63. The summed E-state index contributed by atoms with van der Waals surface area (Å²) in [6.45, 7) is 7.47. The highest BCUT2D eigenvalue weighted by Gasteiger charge is 2.52. The van der Waals surface area contributed by atoms with Crippen LogP contribution >= 0.6 is 11.6 Å². The van der Waals surface area contributed by atoms with E-state index >= 15 is 0 Å². The molecule has 1 saturated heterocycles. The fourth-order valence-electron chi connectivity index (χ4n) is 5.96. The fraction of sp³-hybridized carbons (Fsp3) is 0.529. The first-order valence-corrected chi connectivity index (χ1v) is 15.5. The molecule has 1 heterocycles. The molecule has 0 bridgehead atoms. The molecule has 10 nitrogen and oxygen atoms in total. The first-order valence-electron chi connectivity index (χ1n) is 15.1. The molecular formula is C34H41ClO10. The number of esters is 4. The fourth-order valence-corrected chi connectivity index (χ4v) is 6.14. The molecule has 2 aromatic carbocycles. The minimum Gasteiger partial charge on any atom is -0.493 e. The summed E-state index contributed by atoms with van der Waals surface area (Å²) in [5.74, 6) is -1.82. The standard InChI is InChI=1S/C34H41ClO10/c1-20(36)40-18-29-31(42-21(2)37)33(44-23(4)39)32(43-22(3)38)30(45-29)25-10-13-28(35)26(17-25)16-24-8-11-27(12-9-24)41-19-34(5)14-6-7-15-34/h8-13,17,29-33H,6-7,14-16,18-19H2,1-5H3/t29-,30+,31-,32+,33+/m1/s1. The van der Waals surface area contributed by atoms with Crippen LogP contribution in [-0.2, 0) is 49.3 Å². The van der Waals surface area contributed by atoms with Crippen molar-refractivity contribution >= 4 is 35.5 Å². The van der Waals surface area contributed by atoms with Crippen LogP contribution < -0.4 is 4.74 Å². The number of halogens is 1. The van der Waals surface area contributed by atoms with Gasteiger partial charge < -0.3 is 28.4 Å². The van der Waals surface area contributed by atoms with Gasteiger partial charge in [-0.05, 0) is 54.2 Å². The summed E-state index contributed by atoms with van der Waals surface area (Å²) in [4.78, 5) is 48.1. The lowest BCUT2D eigenvalue weighted by Crippen LogP contribution is -2.59. The van der Waals surface area contributed by atoms with Crippen LogP contribution in [0.25, 0.3) is 0 Å². The topological polar surface area (TPSA) is 124 Å². The van der Waals surface area contributed by atoms with Gasteiger partial charge in [0.15, 0.2) is 18.3 Å². The maximum atomic E-state index is 12.2. The van der Waals surface area contributed by atoms with E-state index < -0.39 is 54.4 Å². The predicted molar refractivity (Wildman–Crippen MR) is 164 cm³/mol. The van der Waals surface area contributed by atoms with Crippen LogP contribution in [0.5, 0.6) is 5.75 Å². The Bertz CT molecular complexity index is 1370. The summed E-state index contributed by atoms with van der Waals surface area (Å²) in [7, 11) is 0. The molecule has 2 aromatic rings. The number of hydrogen-bond donors (Lipinski definition) is 0. The Balaban J connectivity index is 1.61. The summed E-state index contributed by atoms with van der Waals surface area (Å²) in [6, 6.07) is 13.1. The molecule has 244 valence electrons. The van der Waals surface area contributed by atoms with E-state index in [1.54, 1.807) is 12.1 Å². The van der Waals surface area contributed by atoms with Gasteiger partial charge in [-0.25, -0.2) is 0 Å². The Labute approximate surface area is 268 Å². The van der Waals surface area contributed by atoms with Crippen LogP contribution in [0.15, 0.2) is 42.5 Å². The van der Waals surface area contributed by atoms with Gasteiger partial charge >= 0.3 is 23.9 Å². The van der Waals surface area contributed by atoms with Crippen LogP contribution in [0, 0.1) is 5.41 Å². The van der Waals surface area contributed by atoms with E-state index in [1.165, 1.54) is 53.4 Å². The van der Waals surface area contributed by atoms with Gasteiger partial charge in [0.1, 0.15) is 24.6 Å². The summed E-state index contributed by atoms with van der Waals surface area (Å²) in [5, 5.41) is 0.513. The quantitative estimate of drug-likeness (QED) is 0.223. The minimum atomic E-state index is -1.26. The van der Waals surface area contributed by atoms with Gasteiger partial charge in [0.25, 0.3) is 0 Å². The number of benzene rings is 2. The largest absolute Gasteiger partial charge is 0.493 e. The molecule has 0 N–H and O–H groups in total. The van der Waals surface area contributed by atoms with E-state index in [4.69, 9.17) is 40.0 Å². The van der Waals surface area contributed by atoms with Crippen molar-refractivity contribution in [1.82, 2.24) is 0 Å². The smallest absolute Gasteiger partial charge is 0.303 e. The van der Waals surface area contributed by atoms with Crippen molar-refractivity contribution in [3.63, 3.8) is 0 Å². The van der Waals surface area contributed by atoms with E-state index in [9.17, 15) is 19.2 Å². The second-order valence-corrected chi connectivity index (χ2v) is 12.5. The average molecular weight is 645 g/mol. The van der Waals surface area contributed by atoms with Gasteiger partial charge in [-0.15, -0.1) is 0 Å². The molecule has 0 unspecified atom stereocenters. The third-order valence-electron chi connectivity index (χ3n) is 8.11. The lowest BCUT2D eigenvalue weighted by atomic mass is 9.89.